The zero-order valence-electron chi connectivity index (χ0n) is 9.95. The molecule has 1 heterocycles. The van der Waals surface area contributed by atoms with Crippen LogP contribution in [0, 0.1) is 11.8 Å². The topological polar surface area (TPSA) is 3.01 Å². The number of hydrogen-bond donors (Lipinski definition) is 0. The summed E-state index contributed by atoms with van der Waals surface area (Å²) in [6.07, 6.45) is 8.83. The van der Waals surface area contributed by atoms with E-state index in [1.165, 1.54) is 57.4 Å². The van der Waals surface area contributed by atoms with Gasteiger partial charge >= 0.3 is 0 Å². The fourth-order valence-electron chi connectivity index (χ4n) is 3.03. The Morgan fingerprint density at radius 3 is 2.73 bits per heavy atom. The molecule has 0 aromatic rings. The van der Waals surface area contributed by atoms with Crippen LogP contribution in [0.5, 0.6) is 0 Å². The van der Waals surface area contributed by atoms with E-state index < -0.39 is 0 Å². The van der Waals surface area contributed by atoms with Crippen LogP contribution in [0.2, 0.25) is 0 Å². The molecule has 1 aliphatic carbocycles. The predicted octanol–water partition coefficient (Wildman–Crippen LogP) is 3.38. The van der Waals surface area contributed by atoms with Crippen LogP contribution in [0.3, 0.4) is 0 Å². The van der Waals surface area contributed by atoms with Gasteiger partial charge in [-0.15, -0.1) is 0 Å². The van der Waals surface area contributed by atoms with Gasteiger partial charge in [-0.2, -0.15) is 0 Å². The summed E-state index contributed by atoms with van der Waals surface area (Å²) in [6, 6.07) is 0. The van der Waals surface area contributed by atoms with E-state index in [0.29, 0.717) is 0 Å². The minimum absolute atomic E-state index is 0.959. The summed E-state index contributed by atoms with van der Waals surface area (Å²) in [7, 11) is 0. The fraction of sp³-hybridized carbons (Fsp3) is 0.923. The molecule has 0 bridgehead atoms. The van der Waals surface area contributed by atoms with Crippen molar-refractivity contribution in [3.05, 3.63) is 0 Å². The normalized spacial score (nSPS) is 25.3. The van der Waals surface area contributed by atoms with E-state index in [1.54, 1.807) is 0 Å². The summed E-state index contributed by atoms with van der Waals surface area (Å²) in [4.78, 5) is 0. The lowest BCUT2D eigenvalue weighted by atomic mass is 9.79. The van der Waals surface area contributed by atoms with Gasteiger partial charge < -0.3 is 0 Å². The third-order valence-corrected chi connectivity index (χ3v) is 4.90. The smallest absolute Gasteiger partial charge is 0.198 e. The number of hydrogen-bond acceptors (Lipinski definition) is 1. The minimum Gasteiger partial charge on any atom is -0.229 e. The largest absolute Gasteiger partial charge is 0.229 e. The first kappa shape index (κ1) is 11.5. The van der Waals surface area contributed by atoms with Gasteiger partial charge in [0.15, 0.2) is 12.1 Å². The second-order valence-electron chi connectivity index (χ2n) is 5.04. The first-order valence-corrected chi connectivity index (χ1v) is 7.64. The van der Waals surface area contributed by atoms with Crippen molar-refractivity contribution < 1.29 is 4.58 Å². The standard InChI is InChI=1S/C13H24NS/c1-2-12(10-14-8-9-15-11-14)13-6-4-3-5-7-13/h11-13H,2-10H2,1H3/q+1. The van der Waals surface area contributed by atoms with E-state index in [4.69, 9.17) is 0 Å². The average molecular weight is 226 g/mol. The Balaban J connectivity index is 1.84. The Hall–Kier alpha value is 0.0200. The van der Waals surface area contributed by atoms with Crippen LogP contribution < -0.4 is 0 Å². The lowest BCUT2D eigenvalue weighted by Gasteiger charge is -2.27. The first-order chi connectivity index (χ1) is 7.40. The Kier molecular flexibility index (Phi) is 4.55. The molecule has 1 saturated carbocycles. The van der Waals surface area contributed by atoms with E-state index in [-0.39, 0.29) is 0 Å². The van der Waals surface area contributed by atoms with Gasteiger partial charge in [0.05, 0.1) is 5.75 Å². The second-order valence-corrected chi connectivity index (χ2v) is 5.99. The molecule has 1 aliphatic heterocycles. The Morgan fingerprint density at radius 2 is 2.13 bits per heavy atom. The molecule has 1 unspecified atom stereocenters. The first-order valence-electron chi connectivity index (χ1n) is 6.59. The molecular formula is C13H24NS+. The maximum Gasteiger partial charge on any atom is 0.198 e. The maximum absolute atomic E-state index is 2.55. The van der Waals surface area contributed by atoms with Crippen LogP contribution in [0.25, 0.3) is 0 Å². The van der Waals surface area contributed by atoms with Crippen LogP contribution in [0.15, 0.2) is 0 Å². The van der Waals surface area contributed by atoms with Crippen LogP contribution in [0.4, 0.5) is 0 Å². The molecule has 1 nitrogen and oxygen atoms in total. The molecule has 1 atom stereocenters. The van der Waals surface area contributed by atoms with Crippen molar-refractivity contribution in [1.82, 2.24) is 0 Å². The van der Waals surface area contributed by atoms with Gasteiger partial charge in [-0.05, 0) is 25.2 Å². The molecule has 2 aliphatic rings. The maximum atomic E-state index is 2.55. The van der Waals surface area contributed by atoms with Crippen LogP contribution >= 0.6 is 11.8 Å². The SMILES string of the molecule is CCC(C[N+]1=CSCC1)C1CCCCC1. The molecule has 2 heteroatoms. The number of nitrogens with zero attached hydrogens (tertiary/aromatic N) is 1. The summed E-state index contributed by atoms with van der Waals surface area (Å²) in [5.74, 6) is 3.30. The van der Waals surface area contributed by atoms with Crippen molar-refractivity contribution in [2.75, 3.05) is 18.8 Å². The summed E-state index contributed by atoms with van der Waals surface area (Å²) in [5.41, 5.74) is 2.35. The minimum atomic E-state index is 0.959. The van der Waals surface area contributed by atoms with Crippen LogP contribution in [0.1, 0.15) is 45.4 Å². The third kappa shape index (κ3) is 3.24. The highest BCUT2D eigenvalue weighted by Gasteiger charge is 2.26. The van der Waals surface area contributed by atoms with E-state index in [2.05, 4.69) is 17.0 Å². The Bertz CT molecular complexity index is 219. The lowest BCUT2D eigenvalue weighted by Crippen LogP contribution is -2.27. The van der Waals surface area contributed by atoms with E-state index in [9.17, 15) is 0 Å². The van der Waals surface area contributed by atoms with Crippen molar-refractivity contribution in [3.63, 3.8) is 0 Å². The molecule has 15 heavy (non-hydrogen) atoms. The van der Waals surface area contributed by atoms with Gasteiger partial charge in [-0.25, -0.2) is 4.58 Å². The molecule has 86 valence electrons. The van der Waals surface area contributed by atoms with Crippen molar-refractivity contribution in [1.29, 1.82) is 0 Å². The molecular weight excluding hydrogens is 202 g/mol. The van der Waals surface area contributed by atoms with Gasteiger partial charge in [-0.3, -0.25) is 0 Å². The van der Waals surface area contributed by atoms with E-state index >= 15 is 0 Å². The molecule has 0 aromatic carbocycles. The summed E-state index contributed by atoms with van der Waals surface area (Å²) < 4.78 is 2.55. The summed E-state index contributed by atoms with van der Waals surface area (Å²) in [5, 5.41) is 0. The lowest BCUT2D eigenvalue weighted by molar-refractivity contribution is -0.523. The molecule has 0 saturated heterocycles. The molecule has 2 rings (SSSR count). The van der Waals surface area contributed by atoms with Crippen LogP contribution in [-0.2, 0) is 0 Å². The quantitative estimate of drug-likeness (QED) is 0.664. The van der Waals surface area contributed by atoms with Gasteiger partial charge in [0.2, 0.25) is 0 Å². The van der Waals surface area contributed by atoms with Crippen molar-refractivity contribution >= 4 is 17.3 Å². The number of rotatable bonds is 4. The summed E-state index contributed by atoms with van der Waals surface area (Å²) >= 11 is 1.98. The summed E-state index contributed by atoms with van der Waals surface area (Å²) in [6.45, 7) is 4.99. The third-order valence-electron chi connectivity index (χ3n) is 4.03. The van der Waals surface area contributed by atoms with Gasteiger partial charge in [0, 0.05) is 5.92 Å². The Morgan fingerprint density at radius 1 is 1.33 bits per heavy atom. The predicted molar refractivity (Wildman–Crippen MR) is 68.9 cm³/mol. The second kappa shape index (κ2) is 5.93. The molecule has 0 radical (unpaired) electrons. The average Bonchev–Trinajstić information content (AvgIpc) is 2.80. The van der Waals surface area contributed by atoms with Crippen molar-refractivity contribution in [2.24, 2.45) is 11.8 Å². The van der Waals surface area contributed by atoms with E-state index in [0.717, 1.165) is 11.8 Å². The van der Waals surface area contributed by atoms with Crippen molar-refractivity contribution in [3.8, 4) is 0 Å². The molecule has 1 fully saturated rings. The molecule has 0 aromatic heterocycles. The van der Waals surface area contributed by atoms with Gasteiger partial charge in [0.1, 0.15) is 6.54 Å². The van der Waals surface area contributed by atoms with Crippen LogP contribution in [-0.4, -0.2) is 29.0 Å². The number of thioether (sulfide) groups is 1. The highest BCUT2D eigenvalue weighted by atomic mass is 32.2. The van der Waals surface area contributed by atoms with E-state index in [1.807, 2.05) is 11.8 Å². The Labute approximate surface area is 98.3 Å². The van der Waals surface area contributed by atoms with Gasteiger partial charge in [0.25, 0.3) is 0 Å². The van der Waals surface area contributed by atoms with Crippen molar-refractivity contribution in [2.45, 2.75) is 45.4 Å². The zero-order valence-corrected chi connectivity index (χ0v) is 10.8. The van der Waals surface area contributed by atoms with Gasteiger partial charge in [-0.1, -0.05) is 37.9 Å². The highest BCUT2D eigenvalue weighted by molar-refractivity contribution is 8.12. The molecule has 0 amide bonds. The zero-order chi connectivity index (χ0) is 10.5. The monoisotopic (exact) mass is 226 g/mol. The molecule has 0 spiro atoms. The molecule has 0 N–H and O–H groups in total. The fourth-order valence-corrected chi connectivity index (χ4v) is 3.88. The highest BCUT2D eigenvalue weighted by Crippen LogP contribution is 2.32.